The van der Waals surface area contributed by atoms with E-state index in [2.05, 4.69) is 28.8 Å². The highest BCUT2D eigenvalue weighted by Crippen LogP contribution is 2.20. The van der Waals surface area contributed by atoms with Crippen molar-refractivity contribution in [2.45, 2.75) is 19.9 Å². The summed E-state index contributed by atoms with van der Waals surface area (Å²) in [7, 11) is 2.16. The molecule has 0 N–H and O–H groups in total. The van der Waals surface area contributed by atoms with E-state index in [1.165, 1.54) is 4.88 Å². The number of amides is 1. The molecule has 2 fully saturated rings. The van der Waals surface area contributed by atoms with E-state index >= 15 is 0 Å². The van der Waals surface area contributed by atoms with E-state index in [-0.39, 0.29) is 5.91 Å². The van der Waals surface area contributed by atoms with E-state index < -0.39 is 0 Å². The van der Waals surface area contributed by atoms with Crippen LogP contribution in [0, 0.1) is 12.8 Å². The molecule has 0 bridgehead atoms. The van der Waals surface area contributed by atoms with Gasteiger partial charge >= 0.3 is 0 Å². The van der Waals surface area contributed by atoms with E-state index in [4.69, 9.17) is 4.74 Å². The second-order valence-corrected chi connectivity index (χ2v) is 7.88. The van der Waals surface area contributed by atoms with E-state index in [0.29, 0.717) is 12.5 Å². The molecule has 1 unspecified atom stereocenters. The number of nitrogens with zero attached hydrogens (tertiary/aromatic N) is 4. The van der Waals surface area contributed by atoms with Crippen molar-refractivity contribution in [2.24, 2.45) is 5.92 Å². The minimum absolute atomic E-state index is 0.278. The molecule has 0 saturated carbocycles. The van der Waals surface area contributed by atoms with E-state index in [0.717, 1.165) is 64.6 Å². The highest BCUT2D eigenvalue weighted by atomic mass is 32.1. The molecular weight excluding hydrogens is 324 g/mol. The van der Waals surface area contributed by atoms with Crippen LogP contribution in [0.2, 0.25) is 0 Å². The molecule has 3 heterocycles. The van der Waals surface area contributed by atoms with Gasteiger partial charge in [0.1, 0.15) is 0 Å². The number of hydrogen-bond donors (Lipinski definition) is 0. The molecule has 24 heavy (non-hydrogen) atoms. The van der Waals surface area contributed by atoms with Crippen LogP contribution in [0.15, 0.2) is 5.51 Å². The summed E-state index contributed by atoms with van der Waals surface area (Å²) in [4.78, 5) is 24.7. The lowest BCUT2D eigenvalue weighted by molar-refractivity contribution is -0.132. The Bertz CT molecular complexity index is 544. The maximum Gasteiger partial charge on any atom is 0.236 e. The summed E-state index contributed by atoms with van der Waals surface area (Å²) in [6.45, 7) is 9.66. The first kappa shape index (κ1) is 17.8. The Morgan fingerprint density at radius 3 is 2.92 bits per heavy atom. The fraction of sp³-hybridized carbons (Fsp3) is 0.765. The van der Waals surface area contributed by atoms with Gasteiger partial charge in [-0.2, -0.15) is 0 Å². The number of ether oxygens (including phenoxy) is 1. The van der Waals surface area contributed by atoms with Crippen LogP contribution in [0.5, 0.6) is 0 Å². The Hall–Kier alpha value is -1.02. The van der Waals surface area contributed by atoms with Gasteiger partial charge in [0.05, 0.1) is 31.0 Å². The first-order chi connectivity index (χ1) is 11.6. The number of carbonyl (C=O) groups is 1. The van der Waals surface area contributed by atoms with Crippen LogP contribution in [0.4, 0.5) is 0 Å². The number of thiazole rings is 1. The largest absolute Gasteiger partial charge is 0.379 e. The number of rotatable bonds is 6. The standard InChI is InChI=1S/C17H28N4O2S/c1-14-16(24-13-18-14)11-19(2)9-15-3-4-21(10-15)17(22)12-20-5-7-23-8-6-20/h13,15H,3-12H2,1-2H3. The van der Waals surface area contributed by atoms with Crippen molar-refractivity contribution in [1.29, 1.82) is 0 Å². The molecule has 2 saturated heterocycles. The number of morpholine rings is 1. The summed E-state index contributed by atoms with van der Waals surface area (Å²) in [5.74, 6) is 0.859. The van der Waals surface area contributed by atoms with Gasteiger partial charge < -0.3 is 14.5 Å². The molecular formula is C17H28N4O2S. The van der Waals surface area contributed by atoms with Gasteiger partial charge in [-0.1, -0.05) is 0 Å². The third kappa shape index (κ3) is 4.75. The zero-order chi connectivity index (χ0) is 16.9. The van der Waals surface area contributed by atoms with Crippen molar-refractivity contribution in [3.05, 3.63) is 16.1 Å². The third-order valence-electron chi connectivity index (χ3n) is 4.93. The average Bonchev–Trinajstić information content (AvgIpc) is 3.18. The van der Waals surface area contributed by atoms with Crippen LogP contribution in [0.1, 0.15) is 17.0 Å². The summed E-state index contributed by atoms with van der Waals surface area (Å²) in [6.07, 6.45) is 1.11. The summed E-state index contributed by atoms with van der Waals surface area (Å²) in [5.41, 5.74) is 3.06. The number of aromatic nitrogens is 1. The Morgan fingerprint density at radius 1 is 1.42 bits per heavy atom. The maximum absolute atomic E-state index is 12.5. The van der Waals surface area contributed by atoms with Gasteiger partial charge in [-0.25, -0.2) is 4.98 Å². The topological polar surface area (TPSA) is 48.9 Å². The summed E-state index contributed by atoms with van der Waals surface area (Å²) in [5, 5.41) is 0. The maximum atomic E-state index is 12.5. The molecule has 1 amide bonds. The van der Waals surface area contributed by atoms with Crippen molar-refractivity contribution in [3.63, 3.8) is 0 Å². The van der Waals surface area contributed by atoms with Crippen LogP contribution >= 0.6 is 11.3 Å². The van der Waals surface area contributed by atoms with Crippen LogP contribution in [-0.2, 0) is 16.1 Å². The van der Waals surface area contributed by atoms with Gasteiger partial charge in [-0.15, -0.1) is 11.3 Å². The number of carbonyl (C=O) groups excluding carboxylic acids is 1. The van der Waals surface area contributed by atoms with Crippen molar-refractivity contribution in [1.82, 2.24) is 19.7 Å². The van der Waals surface area contributed by atoms with E-state index in [1.807, 2.05) is 10.4 Å². The van der Waals surface area contributed by atoms with Gasteiger partial charge in [-0.05, 0) is 26.3 Å². The first-order valence-electron chi connectivity index (χ1n) is 8.77. The predicted octanol–water partition coefficient (Wildman–Crippen LogP) is 1.06. The molecule has 1 atom stereocenters. The Morgan fingerprint density at radius 2 is 2.21 bits per heavy atom. The Balaban J connectivity index is 1.41. The second-order valence-electron chi connectivity index (χ2n) is 6.94. The summed E-state index contributed by atoms with van der Waals surface area (Å²) < 4.78 is 5.34. The third-order valence-corrected chi connectivity index (χ3v) is 5.85. The van der Waals surface area contributed by atoms with Crippen molar-refractivity contribution in [2.75, 3.05) is 59.5 Å². The van der Waals surface area contributed by atoms with Gasteiger partial charge in [0.2, 0.25) is 5.91 Å². The first-order valence-corrected chi connectivity index (χ1v) is 9.65. The summed E-state index contributed by atoms with van der Waals surface area (Å²) >= 11 is 1.73. The smallest absolute Gasteiger partial charge is 0.236 e. The lowest BCUT2D eigenvalue weighted by Crippen LogP contribution is -2.44. The monoisotopic (exact) mass is 352 g/mol. The minimum Gasteiger partial charge on any atom is -0.379 e. The van der Waals surface area contributed by atoms with Gasteiger partial charge in [0.15, 0.2) is 0 Å². The van der Waals surface area contributed by atoms with Gasteiger partial charge in [0, 0.05) is 44.1 Å². The molecule has 6 nitrogen and oxygen atoms in total. The van der Waals surface area contributed by atoms with E-state index in [9.17, 15) is 4.79 Å². The molecule has 3 rings (SSSR count). The van der Waals surface area contributed by atoms with E-state index in [1.54, 1.807) is 11.3 Å². The fourth-order valence-electron chi connectivity index (χ4n) is 3.49. The molecule has 1 aromatic heterocycles. The SMILES string of the molecule is Cc1ncsc1CN(C)CC1CCN(C(=O)CN2CCOCC2)C1. The van der Waals surface area contributed by atoms with Crippen LogP contribution in [-0.4, -0.2) is 85.1 Å². The summed E-state index contributed by atoms with van der Waals surface area (Å²) in [6, 6.07) is 0. The molecule has 7 heteroatoms. The Kier molecular flexibility index (Phi) is 6.21. The normalized spacial score (nSPS) is 22.5. The highest BCUT2D eigenvalue weighted by Gasteiger charge is 2.28. The van der Waals surface area contributed by atoms with Crippen molar-refractivity contribution < 1.29 is 9.53 Å². The lowest BCUT2D eigenvalue weighted by Gasteiger charge is -2.28. The fourth-order valence-corrected chi connectivity index (χ4v) is 4.34. The number of likely N-dealkylation sites (tertiary alicyclic amines) is 1. The zero-order valence-electron chi connectivity index (χ0n) is 14.7. The van der Waals surface area contributed by atoms with Gasteiger partial charge in [0.25, 0.3) is 0 Å². The molecule has 2 aliphatic heterocycles. The molecule has 0 spiro atoms. The highest BCUT2D eigenvalue weighted by molar-refractivity contribution is 7.09. The molecule has 0 aromatic carbocycles. The molecule has 1 aromatic rings. The number of hydrogen-bond acceptors (Lipinski definition) is 6. The van der Waals surface area contributed by atoms with Crippen LogP contribution in [0.25, 0.3) is 0 Å². The van der Waals surface area contributed by atoms with Crippen LogP contribution < -0.4 is 0 Å². The Labute approximate surface area is 148 Å². The number of aryl methyl sites for hydroxylation is 1. The molecule has 0 radical (unpaired) electrons. The van der Waals surface area contributed by atoms with Crippen molar-refractivity contribution >= 4 is 17.2 Å². The molecule has 0 aliphatic carbocycles. The zero-order valence-corrected chi connectivity index (χ0v) is 15.6. The molecule has 134 valence electrons. The quantitative estimate of drug-likeness (QED) is 0.766. The average molecular weight is 353 g/mol. The predicted molar refractivity (Wildman–Crippen MR) is 95.1 cm³/mol. The van der Waals surface area contributed by atoms with Crippen molar-refractivity contribution in [3.8, 4) is 0 Å². The molecule has 2 aliphatic rings. The minimum atomic E-state index is 0.278. The lowest BCUT2D eigenvalue weighted by atomic mass is 10.1. The van der Waals surface area contributed by atoms with Crippen LogP contribution in [0.3, 0.4) is 0 Å². The second kappa shape index (κ2) is 8.38. The van der Waals surface area contributed by atoms with Gasteiger partial charge in [-0.3, -0.25) is 9.69 Å².